The Balaban J connectivity index is 1.96. The van der Waals surface area contributed by atoms with Gasteiger partial charge in [0.25, 0.3) is 12.3 Å². The van der Waals surface area contributed by atoms with Gasteiger partial charge in [-0.2, -0.15) is 5.10 Å². The van der Waals surface area contributed by atoms with Gasteiger partial charge in [0.2, 0.25) is 0 Å². The van der Waals surface area contributed by atoms with E-state index in [9.17, 15) is 13.6 Å². The van der Waals surface area contributed by atoms with Gasteiger partial charge in [0.05, 0.1) is 5.56 Å². The van der Waals surface area contributed by atoms with Gasteiger partial charge in [0.15, 0.2) is 0 Å². The molecule has 1 amide bonds. The van der Waals surface area contributed by atoms with Crippen LogP contribution in [-0.4, -0.2) is 27.2 Å². The molecule has 0 spiro atoms. The molecule has 112 valence electrons. The number of halogens is 3. The number of nitrogens with zero attached hydrogens (tertiary/aromatic N) is 3. The van der Waals surface area contributed by atoms with E-state index in [1.54, 1.807) is 18.2 Å². The summed E-state index contributed by atoms with van der Waals surface area (Å²) in [5.74, 6) is -0.583. The molecule has 2 aromatic rings. The van der Waals surface area contributed by atoms with E-state index < -0.39 is 18.0 Å². The fourth-order valence-corrected chi connectivity index (χ4v) is 2.01. The number of nitrogens with one attached hydrogen (secondary N) is 1. The van der Waals surface area contributed by atoms with Crippen molar-refractivity contribution >= 4 is 17.5 Å². The van der Waals surface area contributed by atoms with Gasteiger partial charge in [-0.3, -0.25) is 9.48 Å². The SMILES string of the molecule is Cn1cc(C(=O)NCCc2cccc(Cl)n2)c(C(F)F)n1. The summed E-state index contributed by atoms with van der Waals surface area (Å²) in [6.45, 7) is 0.268. The van der Waals surface area contributed by atoms with Crippen LogP contribution in [0.4, 0.5) is 8.78 Å². The van der Waals surface area contributed by atoms with E-state index in [-0.39, 0.29) is 12.1 Å². The second-order valence-electron chi connectivity index (χ2n) is 4.36. The van der Waals surface area contributed by atoms with Gasteiger partial charge in [-0.1, -0.05) is 17.7 Å². The largest absolute Gasteiger partial charge is 0.352 e. The molecule has 5 nitrogen and oxygen atoms in total. The highest BCUT2D eigenvalue weighted by atomic mass is 35.5. The van der Waals surface area contributed by atoms with Crippen LogP contribution in [0.2, 0.25) is 5.15 Å². The highest BCUT2D eigenvalue weighted by molar-refractivity contribution is 6.29. The number of hydrogen-bond acceptors (Lipinski definition) is 3. The summed E-state index contributed by atoms with van der Waals surface area (Å²) in [6, 6.07) is 5.17. The standard InChI is InChI=1S/C13H13ClF2N4O/c1-20-7-9(11(19-20)12(15)16)13(21)17-6-5-8-3-2-4-10(14)18-8/h2-4,7,12H,5-6H2,1H3,(H,17,21). The number of amides is 1. The lowest BCUT2D eigenvalue weighted by atomic mass is 10.2. The van der Waals surface area contributed by atoms with Gasteiger partial charge >= 0.3 is 0 Å². The number of hydrogen-bond donors (Lipinski definition) is 1. The third-order valence-electron chi connectivity index (χ3n) is 2.75. The topological polar surface area (TPSA) is 59.8 Å². The van der Waals surface area contributed by atoms with E-state index in [4.69, 9.17) is 11.6 Å². The van der Waals surface area contributed by atoms with Crippen LogP contribution in [0.25, 0.3) is 0 Å². The van der Waals surface area contributed by atoms with Crippen molar-refractivity contribution in [2.24, 2.45) is 7.05 Å². The molecule has 0 radical (unpaired) electrons. The van der Waals surface area contributed by atoms with E-state index >= 15 is 0 Å². The van der Waals surface area contributed by atoms with Crippen molar-refractivity contribution < 1.29 is 13.6 Å². The number of aromatic nitrogens is 3. The van der Waals surface area contributed by atoms with Gasteiger partial charge in [0.1, 0.15) is 10.8 Å². The number of alkyl halides is 2. The number of aryl methyl sites for hydroxylation is 1. The van der Waals surface area contributed by atoms with Gasteiger partial charge in [0, 0.05) is 31.9 Å². The molecule has 0 aliphatic heterocycles. The fourth-order valence-electron chi connectivity index (χ4n) is 1.83. The van der Waals surface area contributed by atoms with Crippen LogP contribution in [0.5, 0.6) is 0 Å². The third-order valence-corrected chi connectivity index (χ3v) is 2.96. The van der Waals surface area contributed by atoms with Crippen molar-refractivity contribution in [3.05, 3.63) is 46.5 Å². The van der Waals surface area contributed by atoms with Crippen molar-refractivity contribution in [1.82, 2.24) is 20.1 Å². The monoisotopic (exact) mass is 314 g/mol. The van der Waals surface area contributed by atoms with Crippen LogP contribution >= 0.6 is 11.6 Å². The van der Waals surface area contributed by atoms with E-state index in [0.29, 0.717) is 17.3 Å². The number of rotatable bonds is 5. The molecule has 0 aromatic carbocycles. The Morgan fingerprint density at radius 3 is 2.90 bits per heavy atom. The first-order valence-electron chi connectivity index (χ1n) is 6.18. The fraction of sp³-hybridized carbons (Fsp3) is 0.308. The van der Waals surface area contributed by atoms with E-state index in [1.165, 1.54) is 17.9 Å². The average molecular weight is 315 g/mol. The van der Waals surface area contributed by atoms with Crippen LogP contribution < -0.4 is 5.32 Å². The molecule has 21 heavy (non-hydrogen) atoms. The lowest BCUT2D eigenvalue weighted by Crippen LogP contribution is -2.26. The zero-order valence-electron chi connectivity index (χ0n) is 11.2. The molecular formula is C13H13ClF2N4O. The van der Waals surface area contributed by atoms with Crippen molar-refractivity contribution in [2.45, 2.75) is 12.8 Å². The molecule has 2 rings (SSSR count). The quantitative estimate of drug-likeness (QED) is 0.862. The van der Waals surface area contributed by atoms with Crippen LogP contribution in [0.1, 0.15) is 28.2 Å². The normalized spacial score (nSPS) is 10.9. The lowest BCUT2D eigenvalue weighted by molar-refractivity contribution is 0.0939. The second-order valence-corrected chi connectivity index (χ2v) is 4.75. The zero-order valence-corrected chi connectivity index (χ0v) is 11.9. The molecule has 0 saturated heterocycles. The summed E-state index contributed by atoms with van der Waals surface area (Å²) in [5, 5.41) is 6.52. The van der Waals surface area contributed by atoms with Gasteiger partial charge < -0.3 is 5.32 Å². The smallest absolute Gasteiger partial charge is 0.282 e. The summed E-state index contributed by atoms with van der Waals surface area (Å²) in [4.78, 5) is 16.0. The van der Waals surface area contributed by atoms with Crippen molar-refractivity contribution in [2.75, 3.05) is 6.54 Å². The van der Waals surface area contributed by atoms with Crippen molar-refractivity contribution in [3.63, 3.8) is 0 Å². The molecular weight excluding hydrogens is 302 g/mol. The molecule has 1 N–H and O–H groups in total. The summed E-state index contributed by atoms with van der Waals surface area (Å²) in [7, 11) is 1.48. The Bertz CT molecular complexity index is 645. The third kappa shape index (κ3) is 3.98. The highest BCUT2D eigenvalue weighted by Crippen LogP contribution is 2.20. The number of carbonyl (C=O) groups is 1. The molecule has 0 bridgehead atoms. The molecule has 0 aliphatic rings. The van der Waals surface area contributed by atoms with Gasteiger partial charge in [-0.25, -0.2) is 13.8 Å². The van der Waals surface area contributed by atoms with E-state index in [0.717, 1.165) is 0 Å². The van der Waals surface area contributed by atoms with Gasteiger partial charge in [-0.15, -0.1) is 0 Å². The summed E-state index contributed by atoms with van der Waals surface area (Å²) in [5.41, 5.74) is 0.0745. The molecule has 0 fully saturated rings. The molecule has 0 atom stereocenters. The lowest BCUT2D eigenvalue weighted by Gasteiger charge is -2.05. The Labute approximate surface area is 124 Å². The minimum absolute atomic E-state index is 0.119. The maximum Gasteiger partial charge on any atom is 0.282 e. The molecule has 0 aliphatic carbocycles. The maximum absolute atomic E-state index is 12.8. The molecule has 2 aromatic heterocycles. The second kappa shape index (κ2) is 6.62. The molecule has 0 unspecified atom stereocenters. The predicted octanol–water partition coefficient (Wildman–Crippen LogP) is 2.38. The van der Waals surface area contributed by atoms with Crippen molar-refractivity contribution in [3.8, 4) is 0 Å². The molecule has 2 heterocycles. The van der Waals surface area contributed by atoms with E-state index in [1.807, 2.05) is 0 Å². The molecule has 8 heteroatoms. The summed E-state index contributed by atoms with van der Waals surface area (Å²) < 4.78 is 26.7. The Morgan fingerprint density at radius 1 is 1.48 bits per heavy atom. The Kier molecular flexibility index (Phi) is 4.85. The zero-order chi connectivity index (χ0) is 15.4. The Morgan fingerprint density at radius 2 is 2.24 bits per heavy atom. The van der Waals surface area contributed by atoms with E-state index in [2.05, 4.69) is 15.4 Å². The summed E-state index contributed by atoms with van der Waals surface area (Å²) >= 11 is 5.75. The minimum atomic E-state index is -2.79. The van der Waals surface area contributed by atoms with Crippen molar-refractivity contribution in [1.29, 1.82) is 0 Å². The van der Waals surface area contributed by atoms with Crippen LogP contribution in [0.15, 0.2) is 24.4 Å². The van der Waals surface area contributed by atoms with Crippen LogP contribution in [-0.2, 0) is 13.5 Å². The van der Waals surface area contributed by atoms with Crippen LogP contribution in [0.3, 0.4) is 0 Å². The first kappa shape index (κ1) is 15.4. The van der Waals surface area contributed by atoms with Crippen LogP contribution in [0, 0.1) is 0 Å². The minimum Gasteiger partial charge on any atom is -0.352 e. The number of carbonyl (C=O) groups excluding carboxylic acids is 1. The maximum atomic E-state index is 12.8. The highest BCUT2D eigenvalue weighted by Gasteiger charge is 2.22. The van der Waals surface area contributed by atoms with Gasteiger partial charge in [-0.05, 0) is 12.1 Å². The number of pyridine rings is 1. The average Bonchev–Trinajstić information content (AvgIpc) is 2.81. The predicted molar refractivity (Wildman–Crippen MR) is 73.4 cm³/mol. The first-order chi connectivity index (χ1) is 9.97. The summed E-state index contributed by atoms with van der Waals surface area (Å²) in [6.07, 6.45) is -1.06. The molecule has 0 saturated carbocycles. The first-order valence-corrected chi connectivity index (χ1v) is 6.56. The Hall–Kier alpha value is -2.02.